The van der Waals surface area contributed by atoms with Crippen molar-refractivity contribution in [2.45, 2.75) is 118 Å². The fourth-order valence-corrected chi connectivity index (χ4v) is 9.55. The molecular formula is C28H44O4. The van der Waals surface area contributed by atoms with Crippen LogP contribution in [-0.2, 0) is 19.1 Å². The molecule has 180 valence electrons. The van der Waals surface area contributed by atoms with Gasteiger partial charge in [-0.1, -0.05) is 41.5 Å². The van der Waals surface area contributed by atoms with Crippen molar-refractivity contribution < 1.29 is 19.1 Å². The molecule has 5 aliphatic rings. The second-order valence-corrected chi connectivity index (χ2v) is 13.9. The van der Waals surface area contributed by atoms with E-state index in [0.717, 1.165) is 51.4 Å². The van der Waals surface area contributed by atoms with Crippen LogP contribution >= 0.6 is 0 Å². The molecule has 0 aromatic carbocycles. The Morgan fingerprint density at radius 2 is 1.00 bits per heavy atom. The summed E-state index contributed by atoms with van der Waals surface area (Å²) in [7, 11) is 0. The van der Waals surface area contributed by atoms with Gasteiger partial charge >= 0.3 is 11.9 Å². The molecule has 0 radical (unpaired) electrons. The van der Waals surface area contributed by atoms with Crippen molar-refractivity contribution in [1.29, 1.82) is 0 Å². The van der Waals surface area contributed by atoms with E-state index in [1.807, 2.05) is 0 Å². The fraction of sp³-hybridized carbons (Fsp3) is 0.929. The first kappa shape index (κ1) is 22.7. The molecule has 4 bridgehead atoms. The van der Waals surface area contributed by atoms with Crippen LogP contribution < -0.4 is 0 Å². The van der Waals surface area contributed by atoms with Gasteiger partial charge in [0, 0.05) is 0 Å². The molecule has 0 spiro atoms. The zero-order valence-electron chi connectivity index (χ0n) is 21.2. The summed E-state index contributed by atoms with van der Waals surface area (Å²) in [5.41, 5.74) is 0.112. The van der Waals surface area contributed by atoms with Gasteiger partial charge < -0.3 is 9.47 Å². The van der Waals surface area contributed by atoms with Crippen molar-refractivity contribution in [2.24, 2.45) is 45.3 Å². The summed E-state index contributed by atoms with van der Waals surface area (Å²) >= 11 is 0. The molecule has 5 rings (SSSR count). The van der Waals surface area contributed by atoms with Gasteiger partial charge in [-0.25, -0.2) is 0 Å². The van der Waals surface area contributed by atoms with Crippen molar-refractivity contribution in [3.63, 3.8) is 0 Å². The van der Waals surface area contributed by atoms with Crippen molar-refractivity contribution in [2.75, 3.05) is 0 Å². The monoisotopic (exact) mass is 444 g/mol. The van der Waals surface area contributed by atoms with E-state index in [-0.39, 0.29) is 57.6 Å². The van der Waals surface area contributed by atoms with Gasteiger partial charge in [0.25, 0.3) is 0 Å². The summed E-state index contributed by atoms with van der Waals surface area (Å²) in [5, 5.41) is 0. The SMILES string of the molecule is CC12CCC(C1)C(C)(C)C2C(=O)OC1CCCCC1OC(=O)C1C2(C)CCC(C2)C1(C)C. The van der Waals surface area contributed by atoms with Crippen LogP contribution in [0.3, 0.4) is 0 Å². The Bertz CT molecular complexity index is 724. The molecular weight excluding hydrogens is 400 g/mol. The van der Waals surface area contributed by atoms with E-state index in [1.54, 1.807) is 0 Å². The molecule has 0 aromatic heterocycles. The Kier molecular flexibility index (Phi) is 5.12. The Morgan fingerprint density at radius 1 is 0.625 bits per heavy atom. The van der Waals surface area contributed by atoms with Crippen LogP contribution in [0.1, 0.15) is 106 Å². The summed E-state index contributed by atoms with van der Waals surface area (Å²) in [5.74, 6) is 1.06. The highest BCUT2D eigenvalue weighted by Gasteiger charge is 2.64. The first-order valence-corrected chi connectivity index (χ1v) is 13.3. The Hall–Kier alpha value is -1.06. The molecule has 0 aliphatic heterocycles. The highest BCUT2D eigenvalue weighted by Crippen LogP contribution is 2.67. The molecule has 32 heavy (non-hydrogen) atoms. The highest BCUT2D eigenvalue weighted by atomic mass is 16.6. The number of fused-ring (bicyclic) bond motifs is 4. The van der Waals surface area contributed by atoms with Gasteiger partial charge in [0.15, 0.2) is 0 Å². The normalized spacial score (nSPS) is 48.1. The van der Waals surface area contributed by atoms with E-state index in [4.69, 9.17) is 9.47 Å². The smallest absolute Gasteiger partial charge is 0.310 e. The topological polar surface area (TPSA) is 52.6 Å². The Balaban J connectivity index is 1.29. The number of rotatable bonds is 4. The third-order valence-electron chi connectivity index (χ3n) is 11.2. The summed E-state index contributed by atoms with van der Waals surface area (Å²) in [6, 6.07) is 0. The van der Waals surface area contributed by atoms with E-state index in [1.165, 1.54) is 12.8 Å². The second-order valence-electron chi connectivity index (χ2n) is 13.9. The lowest BCUT2D eigenvalue weighted by atomic mass is 9.64. The number of esters is 2. The maximum Gasteiger partial charge on any atom is 0.310 e. The van der Waals surface area contributed by atoms with Gasteiger partial charge in [0.1, 0.15) is 12.2 Å². The van der Waals surface area contributed by atoms with Gasteiger partial charge in [-0.15, -0.1) is 0 Å². The predicted octanol–water partition coefficient (Wildman–Crippen LogP) is 6.31. The lowest BCUT2D eigenvalue weighted by molar-refractivity contribution is -0.187. The van der Waals surface area contributed by atoms with Crippen LogP contribution in [0.2, 0.25) is 0 Å². The molecule has 5 fully saturated rings. The number of hydrogen-bond donors (Lipinski definition) is 0. The number of hydrogen-bond acceptors (Lipinski definition) is 4. The van der Waals surface area contributed by atoms with Crippen molar-refractivity contribution in [3.8, 4) is 0 Å². The molecule has 0 amide bonds. The maximum absolute atomic E-state index is 13.5. The van der Waals surface area contributed by atoms with E-state index < -0.39 is 0 Å². The Morgan fingerprint density at radius 3 is 1.31 bits per heavy atom. The summed E-state index contributed by atoms with van der Waals surface area (Å²) < 4.78 is 12.5. The average molecular weight is 445 g/mol. The standard InChI is InChI=1S/C28H44O4/c1-25(2)17-11-13-27(5,15-17)21(25)23(29)31-19-9-7-8-10-20(19)32-24(30)22-26(3,4)18-12-14-28(22,6)16-18/h17-22H,7-16H2,1-6H3. The second kappa shape index (κ2) is 7.22. The van der Waals surface area contributed by atoms with Crippen LogP contribution in [0, 0.1) is 45.3 Å². The van der Waals surface area contributed by atoms with Crippen LogP contribution in [0.4, 0.5) is 0 Å². The number of carbonyl (C=O) groups excluding carboxylic acids is 2. The number of carbonyl (C=O) groups is 2. The largest absolute Gasteiger partial charge is 0.458 e. The van der Waals surface area contributed by atoms with E-state index in [9.17, 15) is 9.59 Å². The minimum Gasteiger partial charge on any atom is -0.458 e. The van der Waals surface area contributed by atoms with Crippen LogP contribution in [0.5, 0.6) is 0 Å². The first-order chi connectivity index (χ1) is 14.9. The highest BCUT2D eigenvalue weighted by molar-refractivity contribution is 5.77. The first-order valence-electron chi connectivity index (χ1n) is 13.3. The minimum atomic E-state index is -0.284. The third-order valence-corrected chi connectivity index (χ3v) is 11.2. The molecule has 4 nitrogen and oxygen atoms in total. The zero-order chi connectivity index (χ0) is 23.1. The van der Waals surface area contributed by atoms with Crippen LogP contribution in [0.15, 0.2) is 0 Å². The van der Waals surface area contributed by atoms with Crippen LogP contribution in [-0.4, -0.2) is 24.1 Å². The zero-order valence-corrected chi connectivity index (χ0v) is 21.2. The average Bonchev–Trinajstić information content (AvgIpc) is 3.36. The third kappa shape index (κ3) is 3.21. The summed E-state index contributed by atoms with van der Waals surface area (Å²) in [6.45, 7) is 13.6. The van der Waals surface area contributed by atoms with E-state index in [0.29, 0.717) is 11.8 Å². The molecule has 5 saturated carbocycles. The quantitative estimate of drug-likeness (QED) is 0.477. The van der Waals surface area contributed by atoms with E-state index >= 15 is 0 Å². The van der Waals surface area contributed by atoms with Gasteiger partial charge in [-0.2, -0.15) is 0 Å². The Labute approximate surface area is 194 Å². The van der Waals surface area contributed by atoms with Gasteiger partial charge in [-0.3, -0.25) is 9.59 Å². The van der Waals surface area contributed by atoms with Crippen molar-refractivity contribution >= 4 is 11.9 Å². The number of ether oxygens (including phenoxy) is 2. The predicted molar refractivity (Wildman–Crippen MR) is 124 cm³/mol. The van der Waals surface area contributed by atoms with Crippen LogP contribution in [0.25, 0.3) is 0 Å². The molecule has 0 aromatic rings. The molecule has 0 N–H and O–H groups in total. The molecule has 0 saturated heterocycles. The molecule has 5 aliphatic carbocycles. The van der Waals surface area contributed by atoms with Crippen molar-refractivity contribution in [1.82, 2.24) is 0 Å². The minimum absolute atomic E-state index is 0.00732. The van der Waals surface area contributed by atoms with Crippen molar-refractivity contribution in [3.05, 3.63) is 0 Å². The van der Waals surface area contributed by atoms with Gasteiger partial charge in [0.05, 0.1) is 11.8 Å². The maximum atomic E-state index is 13.5. The van der Waals surface area contributed by atoms with Gasteiger partial charge in [-0.05, 0) is 97.7 Å². The fourth-order valence-electron chi connectivity index (χ4n) is 9.55. The molecule has 0 heterocycles. The summed E-state index contributed by atoms with van der Waals surface area (Å²) in [6.07, 6.45) is 10.1. The molecule has 8 unspecified atom stereocenters. The summed E-state index contributed by atoms with van der Waals surface area (Å²) in [4.78, 5) is 27.0. The van der Waals surface area contributed by atoms with E-state index in [2.05, 4.69) is 41.5 Å². The lowest BCUT2D eigenvalue weighted by Gasteiger charge is -2.43. The lowest BCUT2D eigenvalue weighted by Crippen LogP contribution is -2.47. The van der Waals surface area contributed by atoms with Gasteiger partial charge in [0.2, 0.25) is 0 Å². The molecule has 4 heteroatoms. The molecule has 8 atom stereocenters.